The highest BCUT2D eigenvalue weighted by Crippen LogP contribution is 2.32. The number of aromatic amines is 1. The first-order chi connectivity index (χ1) is 14.9. The van der Waals surface area contributed by atoms with Crippen molar-refractivity contribution in [2.75, 3.05) is 5.32 Å². The molecule has 1 amide bonds. The zero-order valence-corrected chi connectivity index (χ0v) is 18.5. The van der Waals surface area contributed by atoms with Crippen LogP contribution in [0, 0.1) is 0 Å². The van der Waals surface area contributed by atoms with Crippen molar-refractivity contribution in [2.24, 2.45) is 0 Å². The molecule has 0 radical (unpaired) electrons. The summed E-state index contributed by atoms with van der Waals surface area (Å²) in [4.78, 5) is 44.9. The van der Waals surface area contributed by atoms with E-state index in [1.54, 1.807) is 31.2 Å². The molecular weight excluding hydrogens is 430 g/mol. The molecule has 0 aliphatic rings. The van der Waals surface area contributed by atoms with Gasteiger partial charge in [-0.15, -0.1) is 11.3 Å². The van der Waals surface area contributed by atoms with E-state index in [1.165, 1.54) is 30.0 Å². The lowest BCUT2D eigenvalue weighted by Crippen LogP contribution is -2.23. The van der Waals surface area contributed by atoms with Gasteiger partial charge in [0.2, 0.25) is 5.91 Å². The molecule has 0 aliphatic carbocycles. The number of nitrogens with zero attached hydrogens (tertiary/aromatic N) is 1. The topological polar surface area (TPSA) is 91.9 Å². The maximum atomic E-state index is 12.8. The number of ketones is 1. The Hall–Kier alpha value is -3.23. The average molecular weight is 450 g/mol. The van der Waals surface area contributed by atoms with Crippen LogP contribution in [0.25, 0.3) is 21.3 Å². The van der Waals surface area contributed by atoms with Crippen molar-refractivity contribution in [3.05, 3.63) is 75.9 Å². The number of rotatable bonds is 6. The Labute approximate surface area is 186 Å². The SMILES string of the molecule is CC(=O)c1cccc(NC(=O)C(C)Sc2nc3scc(-c4ccccc4)c3c(=O)[nH]2)c1. The molecule has 4 rings (SSSR count). The van der Waals surface area contributed by atoms with Gasteiger partial charge in [0, 0.05) is 22.2 Å². The summed E-state index contributed by atoms with van der Waals surface area (Å²) >= 11 is 2.58. The number of benzene rings is 2. The fourth-order valence-electron chi connectivity index (χ4n) is 3.10. The summed E-state index contributed by atoms with van der Waals surface area (Å²) < 4.78 is 0. The molecule has 6 nitrogen and oxygen atoms in total. The van der Waals surface area contributed by atoms with Crippen LogP contribution in [0.3, 0.4) is 0 Å². The summed E-state index contributed by atoms with van der Waals surface area (Å²) in [6, 6.07) is 16.5. The number of carbonyl (C=O) groups excluding carboxylic acids is 2. The normalized spacial score (nSPS) is 11.9. The number of thioether (sulfide) groups is 1. The van der Waals surface area contributed by atoms with Crippen LogP contribution >= 0.6 is 23.1 Å². The first-order valence-electron chi connectivity index (χ1n) is 9.58. The molecule has 2 heterocycles. The lowest BCUT2D eigenvalue weighted by atomic mass is 10.1. The summed E-state index contributed by atoms with van der Waals surface area (Å²) in [5.41, 5.74) is 2.66. The number of aromatic nitrogens is 2. The van der Waals surface area contributed by atoms with Crippen molar-refractivity contribution in [2.45, 2.75) is 24.3 Å². The number of hydrogen-bond donors (Lipinski definition) is 2. The smallest absolute Gasteiger partial charge is 0.260 e. The Bertz CT molecular complexity index is 1330. The summed E-state index contributed by atoms with van der Waals surface area (Å²) in [6.45, 7) is 3.22. The number of nitrogens with one attached hydrogen (secondary N) is 2. The van der Waals surface area contributed by atoms with E-state index in [-0.39, 0.29) is 17.2 Å². The molecule has 2 aromatic heterocycles. The van der Waals surface area contributed by atoms with Gasteiger partial charge in [0.1, 0.15) is 4.83 Å². The van der Waals surface area contributed by atoms with E-state index in [0.717, 1.165) is 11.1 Å². The molecule has 0 bridgehead atoms. The van der Waals surface area contributed by atoms with Crippen molar-refractivity contribution < 1.29 is 9.59 Å². The van der Waals surface area contributed by atoms with E-state index in [9.17, 15) is 14.4 Å². The molecule has 8 heteroatoms. The number of Topliss-reactive ketones (excluding diaryl/α,β-unsaturated/α-hetero) is 1. The van der Waals surface area contributed by atoms with E-state index in [0.29, 0.717) is 26.6 Å². The van der Waals surface area contributed by atoms with Crippen molar-refractivity contribution in [3.63, 3.8) is 0 Å². The van der Waals surface area contributed by atoms with Crippen molar-refractivity contribution in [1.29, 1.82) is 0 Å². The zero-order valence-electron chi connectivity index (χ0n) is 16.8. The lowest BCUT2D eigenvalue weighted by Gasteiger charge is -2.12. The van der Waals surface area contributed by atoms with Gasteiger partial charge in [-0.3, -0.25) is 14.4 Å². The second kappa shape index (κ2) is 8.87. The van der Waals surface area contributed by atoms with Crippen LogP contribution in [0.4, 0.5) is 5.69 Å². The third kappa shape index (κ3) is 4.60. The number of carbonyl (C=O) groups is 2. The fraction of sp³-hybridized carbons (Fsp3) is 0.130. The Kier molecular flexibility index (Phi) is 6.01. The Morgan fingerprint density at radius 1 is 1.13 bits per heavy atom. The van der Waals surface area contributed by atoms with Gasteiger partial charge in [0.15, 0.2) is 10.9 Å². The Balaban J connectivity index is 1.53. The van der Waals surface area contributed by atoms with Crippen molar-refractivity contribution in [1.82, 2.24) is 9.97 Å². The molecule has 156 valence electrons. The maximum absolute atomic E-state index is 12.8. The van der Waals surface area contributed by atoms with Gasteiger partial charge >= 0.3 is 0 Å². The quantitative estimate of drug-likeness (QED) is 0.246. The molecule has 0 fully saturated rings. The molecule has 0 saturated carbocycles. The minimum atomic E-state index is -0.504. The molecule has 0 spiro atoms. The minimum absolute atomic E-state index is 0.0700. The second-order valence-electron chi connectivity index (χ2n) is 6.95. The van der Waals surface area contributed by atoms with E-state index in [2.05, 4.69) is 15.3 Å². The first-order valence-corrected chi connectivity index (χ1v) is 11.3. The number of thiophene rings is 1. The highest BCUT2D eigenvalue weighted by molar-refractivity contribution is 8.00. The van der Waals surface area contributed by atoms with Gasteiger partial charge in [-0.05, 0) is 31.5 Å². The predicted octanol–water partition coefficient (Wildman–Crippen LogP) is 4.97. The number of hydrogen-bond acceptors (Lipinski definition) is 6. The van der Waals surface area contributed by atoms with Gasteiger partial charge in [0.25, 0.3) is 5.56 Å². The van der Waals surface area contributed by atoms with Crippen LogP contribution in [0.15, 0.2) is 69.9 Å². The average Bonchev–Trinajstić information content (AvgIpc) is 3.19. The monoisotopic (exact) mass is 449 g/mol. The Morgan fingerprint density at radius 2 is 1.90 bits per heavy atom. The number of amides is 1. The van der Waals surface area contributed by atoms with E-state index in [1.807, 2.05) is 35.7 Å². The van der Waals surface area contributed by atoms with Crippen LogP contribution in [-0.4, -0.2) is 26.9 Å². The summed E-state index contributed by atoms with van der Waals surface area (Å²) in [6.07, 6.45) is 0. The van der Waals surface area contributed by atoms with Crippen LogP contribution in [-0.2, 0) is 4.79 Å². The number of anilines is 1. The number of fused-ring (bicyclic) bond motifs is 1. The van der Waals surface area contributed by atoms with Crippen LogP contribution in [0.1, 0.15) is 24.2 Å². The van der Waals surface area contributed by atoms with Crippen molar-refractivity contribution in [3.8, 4) is 11.1 Å². The summed E-state index contributed by atoms with van der Waals surface area (Å²) in [5, 5.41) is 5.17. The predicted molar refractivity (Wildman–Crippen MR) is 126 cm³/mol. The largest absolute Gasteiger partial charge is 0.325 e. The van der Waals surface area contributed by atoms with E-state index >= 15 is 0 Å². The highest BCUT2D eigenvalue weighted by Gasteiger charge is 2.19. The first kappa shape index (κ1) is 21.0. The van der Waals surface area contributed by atoms with Gasteiger partial charge in [0.05, 0.1) is 10.6 Å². The molecule has 0 aliphatic heterocycles. The Morgan fingerprint density at radius 3 is 2.65 bits per heavy atom. The van der Waals surface area contributed by atoms with Crippen LogP contribution in [0.2, 0.25) is 0 Å². The van der Waals surface area contributed by atoms with Crippen LogP contribution in [0.5, 0.6) is 0 Å². The highest BCUT2D eigenvalue weighted by atomic mass is 32.2. The second-order valence-corrected chi connectivity index (χ2v) is 9.14. The third-order valence-electron chi connectivity index (χ3n) is 4.70. The third-order valence-corrected chi connectivity index (χ3v) is 6.56. The molecule has 4 aromatic rings. The molecule has 31 heavy (non-hydrogen) atoms. The molecule has 0 saturated heterocycles. The fourth-order valence-corrected chi connectivity index (χ4v) is 4.90. The molecule has 2 aromatic carbocycles. The molecule has 2 N–H and O–H groups in total. The van der Waals surface area contributed by atoms with Gasteiger partial charge in [-0.2, -0.15) is 0 Å². The van der Waals surface area contributed by atoms with Gasteiger partial charge in [-0.25, -0.2) is 4.98 Å². The molecular formula is C23H19N3O3S2. The summed E-state index contributed by atoms with van der Waals surface area (Å²) in [5.74, 6) is -0.316. The molecule has 1 atom stereocenters. The molecule has 1 unspecified atom stereocenters. The number of H-pyrrole nitrogens is 1. The minimum Gasteiger partial charge on any atom is -0.325 e. The summed E-state index contributed by atoms with van der Waals surface area (Å²) in [7, 11) is 0. The maximum Gasteiger partial charge on any atom is 0.260 e. The van der Waals surface area contributed by atoms with Gasteiger partial charge in [-0.1, -0.05) is 54.2 Å². The lowest BCUT2D eigenvalue weighted by molar-refractivity contribution is -0.115. The van der Waals surface area contributed by atoms with Crippen LogP contribution < -0.4 is 10.9 Å². The zero-order chi connectivity index (χ0) is 22.0. The van der Waals surface area contributed by atoms with E-state index < -0.39 is 5.25 Å². The van der Waals surface area contributed by atoms with Crippen molar-refractivity contribution >= 4 is 50.7 Å². The standard InChI is InChI=1S/C23H19N3O3S2/c1-13(27)16-9-6-10-17(11-16)24-20(28)14(2)31-23-25-21(29)19-18(12-30-22(19)26-23)15-7-4-3-5-8-15/h3-12,14H,1-2H3,(H,24,28)(H,25,26,29). The van der Waals surface area contributed by atoms with Gasteiger partial charge < -0.3 is 10.3 Å². The van der Waals surface area contributed by atoms with E-state index in [4.69, 9.17) is 0 Å².